The maximum absolute atomic E-state index is 6.00. The van der Waals surface area contributed by atoms with E-state index in [1.807, 2.05) is 0 Å². The van der Waals surface area contributed by atoms with E-state index in [0.717, 1.165) is 39.3 Å². The molecule has 1 fully saturated rings. The Kier molecular flexibility index (Phi) is 8.56. The number of nitrogens with two attached hydrogens (primary N) is 1. The summed E-state index contributed by atoms with van der Waals surface area (Å²) in [5, 5.41) is 0. The van der Waals surface area contributed by atoms with Crippen LogP contribution in [0.25, 0.3) is 0 Å². The molecule has 17 heavy (non-hydrogen) atoms. The lowest BCUT2D eigenvalue weighted by molar-refractivity contribution is 0.0301. The molecule has 1 aliphatic rings. The molecule has 1 heterocycles. The third kappa shape index (κ3) is 6.95. The Balaban J connectivity index is 1.83. The second kappa shape index (κ2) is 9.79. The van der Waals surface area contributed by atoms with Gasteiger partial charge in [0.05, 0.1) is 26.4 Å². The molecule has 1 saturated heterocycles. The van der Waals surface area contributed by atoms with E-state index in [4.69, 9.17) is 24.7 Å². The fraction of sp³-hybridized carbons (Fsp3) is 1.00. The van der Waals surface area contributed by atoms with Gasteiger partial charge in [-0.2, -0.15) is 0 Å². The molecule has 0 aromatic carbocycles. The zero-order valence-electron chi connectivity index (χ0n) is 10.7. The summed E-state index contributed by atoms with van der Waals surface area (Å²) in [5.41, 5.74) is 6.00. The van der Waals surface area contributed by atoms with Crippen molar-refractivity contribution in [2.75, 3.05) is 53.4 Å². The summed E-state index contributed by atoms with van der Waals surface area (Å²) in [6.45, 7) is 4.90. The minimum absolute atomic E-state index is 0.0889. The van der Waals surface area contributed by atoms with Crippen LogP contribution in [0.5, 0.6) is 0 Å². The standard InChI is InChI=1S/C12H25NO4/c1-14-4-2-5-15-7-8-17-10-12(13)11-3-6-16-9-11/h11-12H,2-10,13H2,1H3. The van der Waals surface area contributed by atoms with Crippen molar-refractivity contribution < 1.29 is 18.9 Å². The SMILES string of the molecule is COCCCOCCOCC(N)C1CCOC1. The molecule has 5 nitrogen and oxygen atoms in total. The smallest absolute Gasteiger partial charge is 0.0701 e. The zero-order valence-corrected chi connectivity index (χ0v) is 10.7. The number of ether oxygens (including phenoxy) is 4. The van der Waals surface area contributed by atoms with Crippen molar-refractivity contribution in [3.63, 3.8) is 0 Å². The molecule has 0 aromatic rings. The topological polar surface area (TPSA) is 62.9 Å². The first-order valence-corrected chi connectivity index (χ1v) is 6.32. The first-order valence-electron chi connectivity index (χ1n) is 6.32. The van der Waals surface area contributed by atoms with E-state index in [1.165, 1.54) is 0 Å². The monoisotopic (exact) mass is 247 g/mol. The Morgan fingerprint density at radius 2 is 2.06 bits per heavy atom. The molecule has 1 aliphatic heterocycles. The maximum atomic E-state index is 6.00. The van der Waals surface area contributed by atoms with E-state index in [2.05, 4.69) is 0 Å². The van der Waals surface area contributed by atoms with E-state index >= 15 is 0 Å². The Hall–Kier alpha value is -0.200. The third-order valence-electron chi connectivity index (χ3n) is 2.89. The number of methoxy groups -OCH3 is 1. The number of hydrogen-bond acceptors (Lipinski definition) is 5. The molecular weight excluding hydrogens is 222 g/mol. The van der Waals surface area contributed by atoms with Crippen LogP contribution in [0.4, 0.5) is 0 Å². The van der Waals surface area contributed by atoms with E-state index < -0.39 is 0 Å². The van der Waals surface area contributed by atoms with Crippen molar-refractivity contribution in [3.05, 3.63) is 0 Å². The van der Waals surface area contributed by atoms with Crippen molar-refractivity contribution in [1.29, 1.82) is 0 Å². The lowest BCUT2D eigenvalue weighted by Crippen LogP contribution is -2.35. The van der Waals surface area contributed by atoms with Crippen LogP contribution in [-0.4, -0.2) is 59.4 Å². The Labute approximate surface area is 104 Å². The van der Waals surface area contributed by atoms with Gasteiger partial charge < -0.3 is 24.7 Å². The highest BCUT2D eigenvalue weighted by molar-refractivity contribution is 4.75. The van der Waals surface area contributed by atoms with Crippen molar-refractivity contribution in [1.82, 2.24) is 0 Å². The quantitative estimate of drug-likeness (QED) is 0.567. The van der Waals surface area contributed by atoms with Crippen LogP contribution >= 0.6 is 0 Å². The van der Waals surface area contributed by atoms with E-state index in [1.54, 1.807) is 7.11 Å². The minimum Gasteiger partial charge on any atom is -0.385 e. The average Bonchev–Trinajstić information content (AvgIpc) is 2.86. The molecule has 5 heteroatoms. The molecule has 2 unspecified atom stereocenters. The van der Waals surface area contributed by atoms with Crippen molar-refractivity contribution in [2.24, 2.45) is 11.7 Å². The molecule has 0 aliphatic carbocycles. The Morgan fingerprint density at radius 3 is 2.76 bits per heavy atom. The average molecular weight is 247 g/mol. The van der Waals surface area contributed by atoms with Gasteiger partial charge >= 0.3 is 0 Å². The number of hydrogen-bond donors (Lipinski definition) is 1. The molecule has 1 rings (SSSR count). The van der Waals surface area contributed by atoms with Gasteiger partial charge in [-0.15, -0.1) is 0 Å². The molecule has 0 saturated carbocycles. The van der Waals surface area contributed by atoms with Gasteiger partial charge in [-0.1, -0.05) is 0 Å². The van der Waals surface area contributed by atoms with Crippen LogP contribution in [0.3, 0.4) is 0 Å². The minimum atomic E-state index is 0.0889. The lowest BCUT2D eigenvalue weighted by Gasteiger charge is -2.17. The van der Waals surface area contributed by atoms with Gasteiger partial charge in [-0.3, -0.25) is 0 Å². The predicted octanol–water partition coefficient (Wildman–Crippen LogP) is 0.420. The van der Waals surface area contributed by atoms with E-state index in [9.17, 15) is 0 Å². The summed E-state index contributed by atoms with van der Waals surface area (Å²) in [5.74, 6) is 0.456. The van der Waals surface area contributed by atoms with Gasteiger partial charge in [0.25, 0.3) is 0 Å². The van der Waals surface area contributed by atoms with E-state index in [-0.39, 0.29) is 6.04 Å². The second-order valence-corrected chi connectivity index (χ2v) is 4.32. The maximum Gasteiger partial charge on any atom is 0.0701 e. The summed E-state index contributed by atoms with van der Waals surface area (Å²) in [4.78, 5) is 0. The Bertz CT molecular complexity index is 174. The zero-order chi connectivity index (χ0) is 12.3. The molecule has 0 spiro atoms. The largest absolute Gasteiger partial charge is 0.385 e. The normalized spacial score (nSPS) is 21.9. The molecule has 2 atom stereocenters. The lowest BCUT2D eigenvalue weighted by atomic mass is 10.0. The van der Waals surface area contributed by atoms with Crippen LogP contribution in [0, 0.1) is 5.92 Å². The van der Waals surface area contributed by atoms with E-state index in [0.29, 0.717) is 25.7 Å². The van der Waals surface area contributed by atoms with Gasteiger partial charge in [-0.25, -0.2) is 0 Å². The van der Waals surface area contributed by atoms with Crippen molar-refractivity contribution in [3.8, 4) is 0 Å². The summed E-state index contributed by atoms with van der Waals surface area (Å²) in [7, 11) is 1.69. The van der Waals surface area contributed by atoms with Crippen molar-refractivity contribution >= 4 is 0 Å². The molecule has 2 N–H and O–H groups in total. The summed E-state index contributed by atoms with van der Waals surface area (Å²) in [6, 6.07) is 0.0889. The summed E-state index contributed by atoms with van der Waals surface area (Å²) >= 11 is 0. The van der Waals surface area contributed by atoms with Crippen LogP contribution < -0.4 is 5.73 Å². The fourth-order valence-electron chi connectivity index (χ4n) is 1.77. The van der Waals surface area contributed by atoms with Crippen molar-refractivity contribution in [2.45, 2.75) is 18.9 Å². The molecule has 0 bridgehead atoms. The number of rotatable bonds is 10. The van der Waals surface area contributed by atoms with Crippen LogP contribution in [0.15, 0.2) is 0 Å². The van der Waals surface area contributed by atoms with Gasteiger partial charge in [0.2, 0.25) is 0 Å². The Morgan fingerprint density at radius 1 is 1.24 bits per heavy atom. The van der Waals surface area contributed by atoms with Gasteiger partial charge in [0, 0.05) is 38.9 Å². The van der Waals surface area contributed by atoms with Gasteiger partial charge in [-0.05, 0) is 12.8 Å². The molecule has 0 radical (unpaired) electrons. The molecule has 102 valence electrons. The van der Waals surface area contributed by atoms with Crippen LogP contribution in [0.1, 0.15) is 12.8 Å². The van der Waals surface area contributed by atoms with Gasteiger partial charge in [0.1, 0.15) is 0 Å². The molecular formula is C12H25NO4. The summed E-state index contributed by atoms with van der Waals surface area (Å²) in [6.07, 6.45) is 1.98. The molecule has 0 amide bonds. The first-order chi connectivity index (χ1) is 8.34. The highest BCUT2D eigenvalue weighted by atomic mass is 16.5. The van der Waals surface area contributed by atoms with Crippen LogP contribution in [-0.2, 0) is 18.9 Å². The van der Waals surface area contributed by atoms with Gasteiger partial charge in [0.15, 0.2) is 0 Å². The fourth-order valence-corrected chi connectivity index (χ4v) is 1.77. The first kappa shape index (κ1) is 14.9. The highest BCUT2D eigenvalue weighted by Gasteiger charge is 2.22. The summed E-state index contributed by atoms with van der Waals surface area (Å²) < 4.78 is 21.1. The second-order valence-electron chi connectivity index (χ2n) is 4.32. The molecule has 0 aromatic heterocycles. The predicted molar refractivity (Wildman–Crippen MR) is 65.0 cm³/mol. The third-order valence-corrected chi connectivity index (χ3v) is 2.89. The highest BCUT2D eigenvalue weighted by Crippen LogP contribution is 2.15. The van der Waals surface area contributed by atoms with Crippen LogP contribution in [0.2, 0.25) is 0 Å².